The molecule has 0 radical (unpaired) electrons. The third-order valence-electron chi connectivity index (χ3n) is 11.3. The van der Waals surface area contributed by atoms with Gasteiger partial charge in [0, 0.05) is 60.1 Å². The van der Waals surface area contributed by atoms with Gasteiger partial charge in [-0.3, -0.25) is 14.5 Å². The number of phenols is 1. The molecule has 2 fully saturated rings. The van der Waals surface area contributed by atoms with E-state index in [2.05, 4.69) is 74.8 Å². The Balaban J connectivity index is 1.27. The van der Waals surface area contributed by atoms with Crippen molar-refractivity contribution in [1.29, 1.82) is 0 Å². The van der Waals surface area contributed by atoms with Gasteiger partial charge in [0.05, 0.1) is 6.04 Å². The lowest BCUT2D eigenvalue weighted by Crippen LogP contribution is -2.69. The third kappa shape index (κ3) is 5.54. The first-order valence-electron chi connectivity index (χ1n) is 17.5. The van der Waals surface area contributed by atoms with E-state index in [1.54, 1.807) is 6.07 Å². The summed E-state index contributed by atoms with van der Waals surface area (Å²) in [5.41, 5.74) is 5.96. The van der Waals surface area contributed by atoms with Crippen LogP contribution in [0.3, 0.4) is 0 Å². The Morgan fingerprint density at radius 3 is 2.62 bits per heavy atom. The van der Waals surface area contributed by atoms with Gasteiger partial charge in [-0.25, -0.2) is 0 Å². The molecule has 7 heteroatoms. The van der Waals surface area contributed by atoms with Crippen molar-refractivity contribution in [1.82, 2.24) is 9.80 Å². The summed E-state index contributed by atoms with van der Waals surface area (Å²) in [4.78, 5) is 30.9. The number of phenolic OH excluding ortho intramolecular Hbond substituents is 1. The number of benzene rings is 3. The summed E-state index contributed by atoms with van der Waals surface area (Å²) < 4.78 is 12.7. The van der Waals surface area contributed by atoms with Gasteiger partial charge < -0.3 is 19.5 Å². The molecule has 48 heavy (non-hydrogen) atoms. The molecule has 250 valence electrons. The molecule has 4 aliphatic rings. The minimum absolute atomic E-state index is 0.151. The maximum atomic E-state index is 14.1. The van der Waals surface area contributed by atoms with Crippen LogP contribution in [-0.4, -0.2) is 64.6 Å². The average molecular weight is 647 g/mol. The maximum absolute atomic E-state index is 14.1. The molecule has 0 unspecified atom stereocenters. The molecule has 3 aromatic carbocycles. The lowest BCUT2D eigenvalue weighted by atomic mass is 9.50. The highest BCUT2D eigenvalue weighted by atomic mass is 16.6. The number of aryl methyl sites for hydroxylation is 2. The molecule has 2 aliphatic heterocycles. The molecule has 3 aromatic rings. The fourth-order valence-corrected chi connectivity index (χ4v) is 9.17. The maximum Gasteiger partial charge on any atom is 0.308 e. The monoisotopic (exact) mass is 646 g/mol. The van der Waals surface area contributed by atoms with Crippen molar-refractivity contribution in [3.05, 3.63) is 88.0 Å². The number of likely N-dealkylation sites (tertiary alicyclic amines) is 1. The Morgan fingerprint density at radius 2 is 1.90 bits per heavy atom. The molecule has 1 N–H and O–H groups in total. The molecular weight excluding hydrogens is 600 g/mol. The van der Waals surface area contributed by atoms with Gasteiger partial charge in [0.25, 0.3) is 5.91 Å². The van der Waals surface area contributed by atoms with Crippen molar-refractivity contribution in [3.8, 4) is 29.1 Å². The van der Waals surface area contributed by atoms with Gasteiger partial charge in [0.1, 0.15) is 11.9 Å². The van der Waals surface area contributed by atoms with E-state index in [0.29, 0.717) is 18.7 Å². The highest BCUT2D eigenvalue weighted by molar-refractivity contribution is 5.94. The van der Waals surface area contributed by atoms with Gasteiger partial charge in [0.2, 0.25) is 0 Å². The fourth-order valence-electron chi connectivity index (χ4n) is 9.17. The Morgan fingerprint density at radius 1 is 1.10 bits per heavy atom. The van der Waals surface area contributed by atoms with E-state index in [1.807, 2.05) is 23.1 Å². The van der Waals surface area contributed by atoms with Gasteiger partial charge in [-0.15, -0.1) is 0 Å². The van der Waals surface area contributed by atoms with Crippen LogP contribution in [0.5, 0.6) is 17.2 Å². The van der Waals surface area contributed by atoms with Crippen molar-refractivity contribution >= 4 is 11.9 Å². The lowest BCUT2D eigenvalue weighted by molar-refractivity contribution is -0.137. The van der Waals surface area contributed by atoms with E-state index in [4.69, 9.17) is 9.47 Å². The van der Waals surface area contributed by atoms with Crippen molar-refractivity contribution in [2.24, 2.45) is 11.8 Å². The van der Waals surface area contributed by atoms with Crippen molar-refractivity contribution in [2.45, 2.75) is 90.3 Å². The zero-order chi connectivity index (χ0) is 33.7. The molecule has 1 spiro atoms. The van der Waals surface area contributed by atoms with Crippen LogP contribution in [0, 0.1) is 37.5 Å². The van der Waals surface area contributed by atoms with E-state index in [1.165, 1.54) is 18.1 Å². The molecule has 7 nitrogen and oxygen atoms in total. The number of carbonyl (C=O) groups is 2. The zero-order valence-corrected chi connectivity index (χ0v) is 28.7. The van der Waals surface area contributed by atoms with Gasteiger partial charge in [-0.1, -0.05) is 56.2 Å². The standard InChI is InChI=1S/C41H46N2O5/c1-25(2)24-43(37(46)16-13-30-12-11-26(3)27(4)21-30)33-15-14-32-34-22-31-35(45)23-36(47-28(5)44)39-38(31)41(32,40(33)48-39)18-20-42(34)19-17-29-9-7-6-8-10-29/h6-12,21,23,25,32-34,40,45H,14-15,17-20,22,24H2,1-5H3/t32-,33+,34+,40-,41-/m0/s1. The normalized spacial score (nSPS) is 25.0. The molecule has 2 bridgehead atoms. The minimum Gasteiger partial charge on any atom is -0.508 e. The number of nitrogens with zero attached hydrogens (tertiary/aromatic N) is 2. The predicted octanol–water partition coefficient (Wildman–Crippen LogP) is 6.12. The zero-order valence-electron chi connectivity index (χ0n) is 28.7. The smallest absolute Gasteiger partial charge is 0.308 e. The van der Waals surface area contributed by atoms with Crippen LogP contribution in [0.1, 0.15) is 73.4 Å². The van der Waals surface area contributed by atoms with Crippen LogP contribution >= 0.6 is 0 Å². The molecule has 1 saturated carbocycles. The molecule has 7 rings (SSSR count). The summed E-state index contributed by atoms with van der Waals surface area (Å²) in [5, 5.41) is 11.5. The predicted molar refractivity (Wildman–Crippen MR) is 185 cm³/mol. The molecule has 1 amide bonds. The van der Waals surface area contributed by atoms with Gasteiger partial charge in [0.15, 0.2) is 11.5 Å². The van der Waals surface area contributed by atoms with Gasteiger partial charge >= 0.3 is 5.97 Å². The largest absolute Gasteiger partial charge is 0.508 e. The quantitative estimate of drug-likeness (QED) is 0.189. The number of esters is 1. The van der Waals surface area contributed by atoms with E-state index >= 15 is 0 Å². The SMILES string of the molecule is CC(=O)Oc1cc(O)c2c3c1O[C@H]1[C@H](N(CC(C)C)C(=O)C#Cc4ccc(C)c(C)c4)CC[C@H]4[C@@H](C2)N(CCc2ccccc2)CC[C@@]341. The summed E-state index contributed by atoms with van der Waals surface area (Å²) >= 11 is 0. The lowest BCUT2D eigenvalue weighted by Gasteiger charge is -2.60. The summed E-state index contributed by atoms with van der Waals surface area (Å²) in [6.07, 6.45) is 3.90. The Hall–Kier alpha value is -4.28. The number of amides is 1. The van der Waals surface area contributed by atoms with Crippen LogP contribution in [0.4, 0.5) is 0 Å². The van der Waals surface area contributed by atoms with Crippen LogP contribution in [-0.2, 0) is 27.8 Å². The second-order valence-corrected chi connectivity index (χ2v) is 14.7. The summed E-state index contributed by atoms with van der Waals surface area (Å²) in [5.74, 6) is 6.96. The molecule has 0 aromatic heterocycles. The number of aromatic hydroxyl groups is 1. The number of carbonyl (C=O) groups excluding carboxylic acids is 2. The fraction of sp³-hybridized carbons (Fsp3) is 0.463. The van der Waals surface area contributed by atoms with Crippen LogP contribution in [0.15, 0.2) is 54.6 Å². The van der Waals surface area contributed by atoms with E-state index in [0.717, 1.165) is 61.0 Å². The Labute approximate surface area is 284 Å². The van der Waals surface area contributed by atoms with Crippen LogP contribution in [0.2, 0.25) is 0 Å². The topological polar surface area (TPSA) is 79.3 Å². The first-order valence-corrected chi connectivity index (χ1v) is 17.5. The summed E-state index contributed by atoms with van der Waals surface area (Å²) in [7, 11) is 0. The first-order chi connectivity index (χ1) is 23.1. The number of piperidine rings is 1. The third-order valence-corrected chi connectivity index (χ3v) is 11.3. The minimum atomic E-state index is -0.461. The average Bonchev–Trinajstić information content (AvgIpc) is 3.40. The number of hydrogen-bond donors (Lipinski definition) is 1. The van der Waals surface area contributed by atoms with E-state index in [9.17, 15) is 14.7 Å². The van der Waals surface area contributed by atoms with Crippen LogP contribution in [0.25, 0.3) is 0 Å². The van der Waals surface area contributed by atoms with E-state index in [-0.39, 0.29) is 47.4 Å². The second-order valence-electron chi connectivity index (χ2n) is 14.7. The second kappa shape index (κ2) is 12.6. The number of rotatable bonds is 7. The van der Waals surface area contributed by atoms with Crippen molar-refractivity contribution < 1.29 is 24.2 Å². The highest BCUT2D eigenvalue weighted by Crippen LogP contribution is 2.65. The van der Waals surface area contributed by atoms with Crippen LogP contribution < -0.4 is 9.47 Å². The Kier molecular flexibility index (Phi) is 8.49. The summed E-state index contributed by atoms with van der Waals surface area (Å²) in [6.45, 7) is 12.1. The number of ether oxygens (including phenoxy) is 2. The summed E-state index contributed by atoms with van der Waals surface area (Å²) in [6, 6.07) is 18.2. The molecular formula is C41H46N2O5. The number of hydrogen-bond acceptors (Lipinski definition) is 6. The van der Waals surface area contributed by atoms with Gasteiger partial charge in [-0.2, -0.15) is 0 Å². The molecule has 2 heterocycles. The van der Waals surface area contributed by atoms with E-state index < -0.39 is 11.4 Å². The van der Waals surface area contributed by atoms with Crippen molar-refractivity contribution in [3.63, 3.8) is 0 Å². The molecule has 5 atom stereocenters. The Bertz CT molecular complexity index is 1810. The first kappa shape index (κ1) is 32.3. The highest BCUT2D eigenvalue weighted by Gasteiger charge is 2.67. The van der Waals surface area contributed by atoms with Crippen molar-refractivity contribution in [2.75, 3.05) is 19.6 Å². The molecule has 1 saturated heterocycles. The van der Waals surface area contributed by atoms with Gasteiger partial charge in [-0.05, 0) is 93.2 Å². The molecule has 2 aliphatic carbocycles.